The minimum atomic E-state index is -0.765. The average Bonchev–Trinajstić information content (AvgIpc) is 3.42. The van der Waals surface area contributed by atoms with Gasteiger partial charge in [-0.1, -0.05) is 33.8 Å². The Kier molecular flexibility index (Phi) is 20.3. The lowest BCUT2D eigenvalue weighted by atomic mass is 9.81. The number of aromatic nitrogens is 1. The Morgan fingerprint density at radius 2 is 1.80 bits per heavy atom. The van der Waals surface area contributed by atoms with Gasteiger partial charge in [-0.15, -0.1) is 36.2 Å². The molecule has 1 amide bonds. The van der Waals surface area contributed by atoms with Crippen LogP contribution in [0.4, 0.5) is 0 Å². The SMILES string of the molecule is COCCCOc1cc(C[C@@H](C[C@H](N)[C@@H](O)C[C@H](C(=O)NCCc2nccs2)C(C)C)C(C)C)ccc1OC.Cl.Cl. The number of thiazole rings is 1. The molecule has 0 radical (unpaired) electrons. The molecule has 0 aliphatic heterocycles. The summed E-state index contributed by atoms with van der Waals surface area (Å²) in [4.78, 5) is 17.2. The number of nitrogens with zero attached hydrogens (tertiary/aromatic N) is 1. The zero-order valence-electron chi connectivity index (χ0n) is 25.3. The van der Waals surface area contributed by atoms with Crippen LogP contribution < -0.4 is 20.5 Å². The van der Waals surface area contributed by atoms with E-state index in [4.69, 9.17) is 19.9 Å². The Morgan fingerprint density at radius 1 is 1.07 bits per heavy atom. The summed E-state index contributed by atoms with van der Waals surface area (Å²) in [5, 5.41) is 17.0. The average molecular weight is 637 g/mol. The number of methoxy groups -OCH3 is 2. The summed E-state index contributed by atoms with van der Waals surface area (Å²) >= 11 is 1.58. The number of hydrogen-bond donors (Lipinski definition) is 3. The number of hydrogen-bond acceptors (Lipinski definition) is 8. The second-order valence-corrected chi connectivity index (χ2v) is 11.9. The maximum atomic E-state index is 12.9. The normalized spacial score (nSPS) is 14.0. The number of carbonyl (C=O) groups excluding carboxylic acids is 1. The van der Waals surface area contributed by atoms with Crippen molar-refractivity contribution in [2.75, 3.05) is 34.0 Å². The number of nitrogens with one attached hydrogen (secondary N) is 1. The summed E-state index contributed by atoms with van der Waals surface area (Å²) in [6.45, 7) is 10.1. The first-order chi connectivity index (χ1) is 18.7. The number of amides is 1. The quantitative estimate of drug-likeness (QED) is 0.179. The number of rotatable bonds is 19. The van der Waals surface area contributed by atoms with Crippen molar-refractivity contribution >= 4 is 42.1 Å². The summed E-state index contributed by atoms with van der Waals surface area (Å²) in [5.74, 6) is 1.80. The highest BCUT2D eigenvalue weighted by Crippen LogP contribution is 2.31. The zero-order valence-corrected chi connectivity index (χ0v) is 27.8. The van der Waals surface area contributed by atoms with Crippen LogP contribution in [0.25, 0.3) is 0 Å². The minimum absolute atomic E-state index is 0. The molecule has 1 aromatic carbocycles. The molecule has 2 aromatic rings. The highest BCUT2D eigenvalue weighted by atomic mass is 35.5. The fraction of sp³-hybridized carbons (Fsp3) is 0.667. The van der Waals surface area contributed by atoms with Gasteiger partial charge in [-0.05, 0) is 54.7 Å². The lowest BCUT2D eigenvalue weighted by Crippen LogP contribution is -2.43. The number of halogens is 2. The van der Waals surface area contributed by atoms with Crippen LogP contribution in [-0.4, -0.2) is 62.1 Å². The van der Waals surface area contributed by atoms with E-state index >= 15 is 0 Å². The molecular weight excluding hydrogens is 585 g/mol. The zero-order chi connectivity index (χ0) is 28.8. The van der Waals surface area contributed by atoms with Gasteiger partial charge < -0.3 is 30.4 Å². The molecule has 41 heavy (non-hydrogen) atoms. The standard InChI is InChI=1S/C30H49N3O5S.2ClH/c1-20(2)23(16-22-8-9-27(37-6)28(17-22)38-14-7-13-36-5)18-25(31)26(34)19-24(21(3)4)30(35)33-11-10-29-32-12-15-39-29;;/h8-9,12,15,17,20-21,23-26,34H,7,10-11,13-14,16,18-19,31H2,1-6H3,(H,33,35);2*1H/t23-,24-,25-,26-;;/m0../s1. The maximum absolute atomic E-state index is 12.9. The smallest absolute Gasteiger partial charge is 0.223 e. The first-order valence-corrected chi connectivity index (χ1v) is 14.9. The van der Waals surface area contributed by atoms with Crippen molar-refractivity contribution in [3.05, 3.63) is 40.3 Å². The topological polar surface area (TPSA) is 116 Å². The van der Waals surface area contributed by atoms with Crippen molar-refractivity contribution in [1.29, 1.82) is 0 Å². The molecule has 8 nitrogen and oxygen atoms in total. The fourth-order valence-corrected chi connectivity index (χ4v) is 5.28. The van der Waals surface area contributed by atoms with Crippen LogP contribution in [-0.2, 0) is 22.4 Å². The van der Waals surface area contributed by atoms with E-state index in [-0.39, 0.29) is 48.5 Å². The molecule has 1 aromatic heterocycles. The van der Waals surface area contributed by atoms with Crippen LogP contribution in [0.1, 0.15) is 57.5 Å². The molecule has 0 fully saturated rings. The molecule has 236 valence electrons. The van der Waals surface area contributed by atoms with Crippen molar-refractivity contribution in [3.8, 4) is 11.5 Å². The van der Waals surface area contributed by atoms with E-state index in [1.54, 1.807) is 31.8 Å². The fourth-order valence-electron chi connectivity index (χ4n) is 4.66. The number of aliphatic hydroxyl groups excluding tert-OH is 1. The summed E-state index contributed by atoms with van der Waals surface area (Å²) in [6.07, 6.45) is 4.32. The highest BCUT2D eigenvalue weighted by molar-refractivity contribution is 7.09. The van der Waals surface area contributed by atoms with Gasteiger partial charge in [-0.3, -0.25) is 4.79 Å². The number of ether oxygens (including phenoxy) is 3. The molecule has 2 rings (SSSR count). The van der Waals surface area contributed by atoms with Crippen molar-refractivity contribution in [3.63, 3.8) is 0 Å². The van der Waals surface area contributed by atoms with Gasteiger partial charge in [0.2, 0.25) is 5.91 Å². The van der Waals surface area contributed by atoms with Gasteiger partial charge in [0.15, 0.2) is 11.5 Å². The predicted octanol–water partition coefficient (Wildman–Crippen LogP) is 5.32. The van der Waals surface area contributed by atoms with Crippen LogP contribution >= 0.6 is 36.2 Å². The molecule has 0 unspecified atom stereocenters. The molecule has 0 bridgehead atoms. The van der Waals surface area contributed by atoms with Gasteiger partial charge in [0.25, 0.3) is 0 Å². The second-order valence-electron chi connectivity index (χ2n) is 10.9. The monoisotopic (exact) mass is 635 g/mol. The Labute approximate surface area is 263 Å². The molecule has 11 heteroatoms. The molecule has 1 heterocycles. The first kappa shape index (κ1) is 39.4. The van der Waals surface area contributed by atoms with Crippen LogP contribution in [0.3, 0.4) is 0 Å². The molecule has 4 N–H and O–H groups in total. The molecule has 0 saturated carbocycles. The Hall–Kier alpha value is -1.62. The lowest BCUT2D eigenvalue weighted by Gasteiger charge is -2.30. The summed E-state index contributed by atoms with van der Waals surface area (Å²) in [5.41, 5.74) is 7.68. The van der Waals surface area contributed by atoms with Gasteiger partial charge >= 0.3 is 0 Å². The minimum Gasteiger partial charge on any atom is -0.493 e. The second kappa shape index (κ2) is 21.1. The molecule has 4 atom stereocenters. The third kappa shape index (κ3) is 13.9. The van der Waals surface area contributed by atoms with Crippen LogP contribution in [0.15, 0.2) is 29.8 Å². The number of carbonyl (C=O) groups is 1. The summed E-state index contributed by atoms with van der Waals surface area (Å²) in [7, 11) is 3.32. The van der Waals surface area contributed by atoms with Crippen molar-refractivity contribution in [1.82, 2.24) is 10.3 Å². The Morgan fingerprint density at radius 3 is 2.39 bits per heavy atom. The molecule has 0 spiro atoms. The van der Waals surface area contributed by atoms with E-state index in [0.29, 0.717) is 50.7 Å². The molecule has 0 aliphatic carbocycles. The maximum Gasteiger partial charge on any atom is 0.223 e. The third-order valence-electron chi connectivity index (χ3n) is 7.25. The summed E-state index contributed by atoms with van der Waals surface area (Å²) < 4.78 is 16.5. The molecule has 0 aliphatic rings. The van der Waals surface area contributed by atoms with Crippen LogP contribution in [0, 0.1) is 23.7 Å². The van der Waals surface area contributed by atoms with Crippen molar-refractivity contribution in [2.45, 2.75) is 71.9 Å². The molecular formula is C30H51Cl2N3O5S. The highest BCUT2D eigenvalue weighted by Gasteiger charge is 2.29. The molecule has 0 saturated heterocycles. The van der Waals surface area contributed by atoms with Crippen molar-refractivity contribution in [2.24, 2.45) is 29.4 Å². The Balaban J connectivity index is 0.00000800. The van der Waals surface area contributed by atoms with E-state index in [1.165, 1.54) is 0 Å². The van der Waals surface area contributed by atoms with Gasteiger partial charge in [0, 0.05) is 56.6 Å². The van der Waals surface area contributed by atoms with Crippen molar-refractivity contribution < 1.29 is 24.1 Å². The van der Waals surface area contributed by atoms with E-state index in [1.807, 2.05) is 31.4 Å². The van der Waals surface area contributed by atoms with Crippen LogP contribution in [0.5, 0.6) is 11.5 Å². The van der Waals surface area contributed by atoms with Gasteiger partial charge in [0.05, 0.1) is 24.8 Å². The number of aliphatic hydroxyl groups is 1. The largest absolute Gasteiger partial charge is 0.493 e. The van der Waals surface area contributed by atoms with E-state index in [9.17, 15) is 9.90 Å². The number of benzene rings is 1. The van der Waals surface area contributed by atoms with Crippen LogP contribution in [0.2, 0.25) is 0 Å². The van der Waals surface area contributed by atoms with Gasteiger partial charge in [0.1, 0.15) is 0 Å². The van der Waals surface area contributed by atoms with E-state index in [2.05, 4.69) is 30.2 Å². The lowest BCUT2D eigenvalue weighted by molar-refractivity contribution is -0.127. The van der Waals surface area contributed by atoms with E-state index < -0.39 is 12.1 Å². The van der Waals surface area contributed by atoms with Gasteiger partial charge in [-0.2, -0.15) is 0 Å². The van der Waals surface area contributed by atoms with E-state index in [0.717, 1.165) is 29.2 Å². The number of nitrogens with two attached hydrogens (primary N) is 1. The van der Waals surface area contributed by atoms with Gasteiger partial charge in [-0.25, -0.2) is 4.98 Å². The first-order valence-electron chi connectivity index (χ1n) is 14.0. The summed E-state index contributed by atoms with van der Waals surface area (Å²) in [6, 6.07) is 5.61. The Bertz CT molecular complexity index is 966. The third-order valence-corrected chi connectivity index (χ3v) is 8.09. The predicted molar refractivity (Wildman–Crippen MR) is 172 cm³/mol.